The summed E-state index contributed by atoms with van der Waals surface area (Å²) in [6.07, 6.45) is -13.1. The molecule has 2 rings (SSSR count). The van der Waals surface area contributed by atoms with E-state index in [1.807, 2.05) is 13.8 Å². The van der Waals surface area contributed by atoms with Crippen LogP contribution in [0.5, 0.6) is 0 Å². The molecular formula is C37H62O16. The molecule has 0 aliphatic carbocycles. The van der Waals surface area contributed by atoms with Gasteiger partial charge in [-0.05, 0) is 30.1 Å². The predicted molar refractivity (Wildman–Crippen MR) is 185 cm³/mol. The minimum atomic E-state index is -2.43. The summed E-state index contributed by atoms with van der Waals surface area (Å²) in [4.78, 5) is 65.4. The lowest BCUT2D eigenvalue weighted by atomic mass is 9.98. The van der Waals surface area contributed by atoms with Crippen LogP contribution in [0.25, 0.3) is 0 Å². The summed E-state index contributed by atoms with van der Waals surface area (Å²) < 4.78 is 47.3. The summed E-state index contributed by atoms with van der Waals surface area (Å²) >= 11 is 0. The number of carbonyl (C=O) groups is 5. The Morgan fingerprint density at radius 3 is 1.68 bits per heavy atom. The first-order chi connectivity index (χ1) is 24.7. The Morgan fingerprint density at radius 1 is 0.660 bits per heavy atom. The van der Waals surface area contributed by atoms with Crippen LogP contribution in [0.4, 0.5) is 0 Å². The van der Waals surface area contributed by atoms with E-state index >= 15 is 0 Å². The fourth-order valence-corrected chi connectivity index (χ4v) is 5.59. The van der Waals surface area contributed by atoms with Gasteiger partial charge in [0.25, 0.3) is 0 Å². The highest BCUT2D eigenvalue weighted by Crippen LogP contribution is 2.41. The highest BCUT2D eigenvalue weighted by atomic mass is 16.8. The quantitative estimate of drug-likeness (QED) is 0.120. The van der Waals surface area contributed by atoms with E-state index in [9.17, 15) is 39.3 Å². The number of carbonyl (C=O) groups excluding carboxylic acids is 5. The van der Waals surface area contributed by atoms with Crippen LogP contribution in [-0.4, -0.2) is 120 Å². The van der Waals surface area contributed by atoms with Gasteiger partial charge in [-0.25, -0.2) is 0 Å². The van der Waals surface area contributed by atoms with Crippen molar-refractivity contribution in [2.24, 2.45) is 29.6 Å². The third-order valence-electron chi connectivity index (χ3n) is 8.52. The number of hydrogen-bond donors (Lipinski definition) is 3. The Kier molecular flexibility index (Phi) is 18.6. The van der Waals surface area contributed by atoms with Crippen molar-refractivity contribution < 1.29 is 77.2 Å². The molecule has 16 heteroatoms. The lowest BCUT2D eigenvalue weighted by Crippen LogP contribution is -2.64. The molecule has 0 saturated carbocycles. The highest BCUT2D eigenvalue weighted by Gasteiger charge is 2.64. The number of ether oxygens (including phenoxy) is 8. The van der Waals surface area contributed by atoms with Crippen LogP contribution in [0.3, 0.4) is 0 Å². The second-order valence-electron chi connectivity index (χ2n) is 15.6. The van der Waals surface area contributed by atoms with E-state index in [0.717, 1.165) is 0 Å². The summed E-state index contributed by atoms with van der Waals surface area (Å²) in [5, 5.41) is 31.9. The van der Waals surface area contributed by atoms with Crippen molar-refractivity contribution in [3.05, 3.63) is 0 Å². The van der Waals surface area contributed by atoms with Crippen molar-refractivity contribution in [2.75, 3.05) is 19.8 Å². The van der Waals surface area contributed by atoms with Gasteiger partial charge in [0.1, 0.15) is 37.6 Å². The summed E-state index contributed by atoms with van der Waals surface area (Å²) in [7, 11) is 0. The molecule has 0 amide bonds. The molecule has 2 heterocycles. The molecule has 0 aromatic rings. The summed E-state index contributed by atoms with van der Waals surface area (Å²) in [6, 6.07) is 0. The number of aliphatic hydroxyl groups excluding tert-OH is 3. The first-order valence-electron chi connectivity index (χ1n) is 18.6. The van der Waals surface area contributed by atoms with Crippen LogP contribution in [-0.2, 0) is 61.9 Å². The van der Waals surface area contributed by atoms with E-state index in [2.05, 4.69) is 0 Å². The Morgan fingerprint density at radius 2 is 1.17 bits per heavy atom. The van der Waals surface area contributed by atoms with Gasteiger partial charge in [-0.1, -0.05) is 69.2 Å². The number of rotatable bonds is 20. The normalized spacial score (nSPS) is 29.3. The Bertz CT molecular complexity index is 1200. The van der Waals surface area contributed by atoms with Gasteiger partial charge in [0, 0.05) is 25.7 Å². The van der Waals surface area contributed by atoms with E-state index in [4.69, 9.17) is 37.9 Å². The molecule has 0 radical (unpaired) electrons. The summed E-state index contributed by atoms with van der Waals surface area (Å²) in [5.41, 5.74) is 0. The molecule has 10 atom stereocenters. The first-order valence-corrected chi connectivity index (χ1v) is 18.6. The van der Waals surface area contributed by atoms with E-state index in [0.29, 0.717) is 6.42 Å². The average Bonchev–Trinajstić information content (AvgIpc) is 3.31. The van der Waals surface area contributed by atoms with E-state index in [-0.39, 0.29) is 49.4 Å². The van der Waals surface area contributed by atoms with Gasteiger partial charge >= 0.3 is 29.8 Å². The fourth-order valence-electron chi connectivity index (χ4n) is 5.59. The van der Waals surface area contributed by atoms with E-state index < -0.39 is 110 Å². The molecule has 2 aliphatic heterocycles. The highest BCUT2D eigenvalue weighted by molar-refractivity contribution is 5.73. The first kappa shape index (κ1) is 46.3. The topological polar surface area (TPSA) is 220 Å². The Hall–Kier alpha value is -2.89. The van der Waals surface area contributed by atoms with Crippen molar-refractivity contribution in [3.63, 3.8) is 0 Å². The van der Waals surface area contributed by atoms with Gasteiger partial charge in [-0.3, -0.25) is 24.0 Å². The SMILES string of the molecule is CC[C@H](C)C(=O)O[C@@H]1[C@@H](COC(=O)CC(C)C)O[C@@](COC(=O)CC(C)C)(O[C@H]2O[C@H](CO)[C@@H](O)[C@H](O)[C@H]2OC(=O)CC(C)C)[C@H]1OC(=O)CC(C)C. The number of hydrogen-bond acceptors (Lipinski definition) is 16. The van der Waals surface area contributed by atoms with Crippen LogP contribution in [0.15, 0.2) is 0 Å². The third kappa shape index (κ3) is 14.0. The number of esters is 5. The van der Waals surface area contributed by atoms with E-state index in [1.54, 1.807) is 55.4 Å². The maximum atomic E-state index is 13.4. The van der Waals surface area contributed by atoms with Crippen LogP contribution >= 0.6 is 0 Å². The Labute approximate surface area is 312 Å². The molecule has 0 aromatic carbocycles. The van der Waals surface area contributed by atoms with Crippen molar-refractivity contribution in [3.8, 4) is 0 Å². The number of aliphatic hydroxyl groups is 3. The Balaban J connectivity index is 2.79. The van der Waals surface area contributed by atoms with Crippen molar-refractivity contribution >= 4 is 29.8 Å². The van der Waals surface area contributed by atoms with Crippen LogP contribution in [0.1, 0.15) is 101 Å². The zero-order valence-electron chi connectivity index (χ0n) is 32.8. The van der Waals surface area contributed by atoms with Gasteiger partial charge in [0.15, 0.2) is 18.3 Å². The molecule has 0 unspecified atom stereocenters. The monoisotopic (exact) mass is 762 g/mol. The molecule has 0 bridgehead atoms. The molecule has 16 nitrogen and oxygen atoms in total. The molecule has 2 saturated heterocycles. The predicted octanol–water partition coefficient (Wildman–Crippen LogP) is 2.59. The second-order valence-corrected chi connectivity index (χ2v) is 15.6. The zero-order valence-corrected chi connectivity index (χ0v) is 32.8. The van der Waals surface area contributed by atoms with Gasteiger partial charge < -0.3 is 53.2 Å². The lowest BCUT2D eigenvalue weighted by molar-refractivity contribution is -0.384. The molecule has 2 fully saturated rings. The fraction of sp³-hybridized carbons (Fsp3) is 0.865. The summed E-state index contributed by atoms with van der Waals surface area (Å²) in [5.74, 6) is -7.14. The molecular weight excluding hydrogens is 700 g/mol. The van der Waals surface area contributed by atoms with Gasteiger partial charge in [-0.15, -0.1) is 0 Å². The standard InChI is InChI=1S/C37H62O16/c1-11-23(10)35(45)51-32-25(17-46-26(39)12-19(2)3)52-37(18-47-27(40)13-20(4)5,34(32)50-29(42)15-22(8)9)53-36-33(49-28(41)14-21(6)7)31(44)30(43)24(16-38)48-36/h19-25,30-34,36,38,43-44H,11-18H2,1-10H3/t23-,24+,25+,30+,31-,32+,33+,34-,36+,37-/m0/s1. The largest absolute Gasteiger partial charge is 0.463 e. The van der Waals surface area contributed by atoms with Gasteiger partial charge in [0.2, 0.25) is 12.1 Å². The van der Waals surface area contributed by atoms with Crippen molar-refractivity contribution in [1.82, 2.24) is 0 Å². The smallest absolute Gasteiger partial charge is 0.309 e. The van der Waals surface area contributed by atoms with Crippen molar-refractivity contribution in [2.45, 2.75) is 156 Å². The minimum absolute atomic E-state index is 0.0383. The third-order valence-corrected chi connectivity index (χ3v) is 8.52. The van der Waals surface area contributed by atoms with Crippen LogP contribution < -0.4 is 0 Å². The van der Waals surface area contributed by atoms with E-state index in [1.165, 1.54) is 0 Å². The molecule has 2 aliphatic rings. The lowest BCUT2D eigenvalue weighted by Gasteiger charge is -2.45. The maximum Gasteiger partial charge on any atom is 0.309 e. The minimum Gasteiger partial charge on any atom is -0.463 e. The second kappa shape index (κ2) is 21.3. The molecule has 306 valence electrons. The molecule has 0 spiro atoms. The van der Waals surface area contributed by atoms with Crippen LogP contribution in [0.2, 0.25) is 0 Å². The van der Waals surface area contributed by atoms with Crippen LogP contribution in [0, 0.1) is 29.6 Å². The molecule has 0 aromatic heterocycles. The maximum absolute atomic E-state index is 13.4. The van der Waals surface area contributed by atoms with Crippen molar-refractivity contribution in [1.29, 1.82) is 0 Å². The summed E-state index contributed by atoms with van der Waals surface area (Å²) in [6.45, 7) is 15.5. The average molecular weight is 763 g/mol. The van der Waals surface area contributed by atoms with Gasteiger partial charge in [0.05, 0.1) is 12.5 Å². The zero-order chi connectivity index (χ0) is 40.2. The van der Waals surface area contributed by atoms with Gasteiger partial charge in [-0.2, -0.15) is 0 Å². The molecule has 3 N–H and O–H groups in total. The molecule has 53 heavy (non-hydrogen) atoms.